The summed E-state index contributed by atoms with van der Waals surface area (Å²) in [5, 5.41) is 0. The fourth-order valence-electron chi connectivity index (χ4n) is 1.73. The number of anilines is 3. The SMILES string of the molecule is CN(C(=O)c1ccc(N)cc1N)c1ccccc1. The maximum absolute atomic E-state index is 12.3. The molecular formula is C14H15N3O. The number of nitrogen functional groups attached to an aromatic ring is 2. The first-order valence-electron chi connectivity index (χ1n) is 5.57. The number of rotatable bonds is 2. The first-order valence-corrected chi connectivity index (χ1v) is 5.57. The highest BCUT2D eigenvalue weighted by molar-refractivity contribution is 6.09. The van der Waals surface area contributed by atoms with Gasteiger partial charge in [-0.05, 0) is 30.3 Å². The molecule has 18 heavy (non-hydrogen) atoms. The summed E-state index contributed by atoms with van der Waals surface area (Å²) in [7, 11) is 1.72. The summed E-state index contributed by atoms with van der Waals surface area (Å²) < 4.78 is 0. The largest absolute Gasteiger partial charge is 0.399 e. The summed E-state index contributed by atoms with van der Waals surface area (Å²) >= 11 is 0. The lowest BCUT2D eigenvalue weighted by Crippen LogP contribution is -2.26. The molecule has 0 saturated heterocycles. The summed E-state index contributed by atoms with van der Waals surface area (Å²) in [5.41, 5.74) is 13.6. The van der Waals surface area contributed by atoms with Gasteiger partial charge in [-0.3, -0.25) is 4.79 Å². The van der Waals surface area contributed by atoms with Crippen molar-refractivity contribution in [2.75, 3.05) is 23.4 Å². The Labute approximate surface area is 106 Å². The molecule has 0 unspecified atom stereocenters. The van der Waals surface area contributed by atoms with Gasteiger partial charge in [-0.1, -0.05) is 18.2 Å². The minimum atomic E-state index is -0.154. The van der Waals surface area contributed by atoms with Crippen LogP contribution in [0, 0.1) is 0 Å². The topological polar surface area (TPSA) is 72.3 Å². The number of benzene rings is 2. The lowest BCUT2D eigenvalue weighted by Gasteiger charge is -2.18. The maximum Gasteiger partial charge on any atom is 0.260 e. The van der Waals surface area contributed by atoms with E-state index in [1.807, 2.05) is 30.3 Å². The molecule has 0 spiro atoms. The number of para-hydroxylation sites is 1. The molecule has 0 radical (unpaired) electrons. The van der Waals surface area contributed by atoms with E-state index in [9.17, 15) is 4.79 Å². The van der Waals surface area contributed by atoms with Gasteiger partial charge in [0, 0.05) is 24.1 Å². The summed E-state index contributed by atoms with van der Waals surface area (Å²) in [6, 6.07) is 14.3. The third-order valence-electron chi connectivity index (χ3n) is 2.75. The fourth-order valence-corrected chi connectivity index (χ4v) is 1.73. The van der Waals surface area contributed by atoms with E-state index in [0.29, 0.717) is 16.9 Å². The number of carbonyl (C=O) groups excluding carboxylic acids is 1. The van der Waals surface area contributed by atoms with Gasteiger partial charge in [0.05, 0.1) is 5.56 Å². The van der Waals surface area contributed by atoms with Crippen LogP contribution in [0.2, 0.25) is 0 Å². The second-order valence-electron chi connectivity index (χ2n) is 4.05. The van der Waals surface area contributed by atoms with Crippen molar-refractivity contribution in [3.63, 3.8) is 0 Å². The zero-order valence-corrected chi connectivity index (χ0v) is 10.1. The van der Waals surface area contributed by atoms with Gasteiger partial charge in [0.25, 0.3) is 5.91 Å². The Morgan fingerprint density at radius 3 is 2.33 bits per heavy atom. The number of nitrogens with zero attached hydrogens (tertiary/aromatic N) is 1. The molecule has 92 valence electrons. The molecule has 1 amide bonds. The molecule has 2 aromatic rings. The highest BCUT2D eigenvalue weighted by Crippen LogP contribution is 2.20. The van der Waals surface area contributed by atoms with Crippen LogP contribution in [-0.2, 0) is 0 Å². The van der Waals surface area contributed by atoms with Crippen LogP contribution in [0.4, 0.5) is 17.1 Å². The molecule has 0 bridgehead atoms. The lowest BCUT2D eigenvalue weighted by atomic mass is 10.1. The fraction of sp³-hybridized carbons (Fsp3) is 0.0714. The molecular weight excluding hydrogens is 226 g/mol. The minimum Gasteiger partial charge on any atom is -0.399 e. The Hall–Kier alpha value is -2.49. The molecule has 0 saturated carbocycles. The van der Waals surface area contributed by atoms with Gasteiger partial charge in [-0.2, -0.15) is 0 Å². The van der Waals surface area contributed by atoms with Gasteiger partial charge < -0.3 is 16.4 Å². The highest BCUT2D eigenvalue weighted by Gasteiger charge is 2.15. The smallest absolute Gasteiger partial charge is 0.260 e. The van der Waals surface area contributed by atoms with E-state index in [1.54, 1.807) is 30.1 Å². The number of hydrogen-bond acceptors (Lipinski definition) is 3. The van der Waals surface area contributed by atoms with Crippen LogP contribution in [0.25, 0.3) is 0 Å². The Morgan fingerprint density at radius 2 is 1.72 bits per heavy atom. The van der Waals surface area contributed by atoms with E-state index in [0.717, 1.165) is 5.69 Å². The number of hydrogen-bond donors (Lipinski definition) is 2. The molecule has 0 heterocycles. The Morgan fingerprint density at radius 1 is 1.06 bits per heavy atom. The lowest BCUT2D eigenvalue weighted by molar-refractivity contribution is 0.0994. The molecule has 0 fully saturated rings. The summed E-state index contributed by atoms with van der Waals surface area (Å²) in [4.78, 5) is 13.8. The Kier molecular flexibility index (Phi) is 3.19. The van der Waals surface area contributed by atoms with Gasteiger partial charge in [0.15, 0.2) is 0 Å². The third kappa shape index (κ3) is 2.27. The van der Waals surface area contributed by atoms with Crippen molar-refractivity contribution in [3.8, 4) is 0 Å². The molecule has 2 rings (SSSR count). The van der Waals surface area contributed by atoms with E-state index >= 15 is 0 Å². The van der Waals surface area contributed by atoms with Crippen LogP contribution < -0.4 is 16.4 Å². The zero-order valence-electron chi connectivity index (χ0n) is 10.1. The van der Waals surface area contributed by atoms with Crippen molar-refractivity contribution < 1.29 is 4.79 Å². The average molecular weight is 241 g/mol. The predicted octanol–water partition coefficient (Wildman–Crippen LogP) is 2.13. The van der Waals surface area contributed by atoms with Gasteiger partial charge in [0.2, 0.25) is 0 Å². The van der Waals surface area contributed by atoms with E-state index in [4.69, 9.17) is 11.5 Å². The van der Waals surface area contributed by atoms with E-state index in [2.05, 4.69) is 0 Å². The van der Waals surface area contributed by atoms with Crippen molar-refractivity contribution in [3.05, 3.63) is 54.1 Å². The predicted molar refractivity (Wildman–Crippen MR) is 74.4 cm³/mol. The molecule has 0 aromatic heterocycles. The average Bonchev–Trinajstić information content (AvgIpc) is 2.38. The second-order valence-corrected chi connectivity index (χ2v) is 4.05. The zero-order chi connectivity index (χ0) is 13.1. The van der Waals surface area contributed by atoms with Crippen molar-refractivity contribution in [2.45, 2.75) is 0 Å². The molecule has 0 aliphatic rings. The molecule has 0 aliphatic carbocycles. The van der Waals surface area contributed by atoms with Gasteiger partial charge in [-0.25, -0.2) is 0 Å². The first-order chi connectivity index (χ1) is 8.59. The van der Waals surface area contributed by atoms with Crippen molar-refractivity contribution in [1.29, 1.82) is 0 Å². The van der Waals surface area contributed by atoms with Crippen LogP contribution >= 0.6 is 0 Å². The number of nitrogens with two attached hydrogens (primary N) is 2. The molecule has 4 nitrogen and oxygen atoms in total. The highest BCUT2D eigenvalue weighted by atomic mass is 16.2. The van der Waals surface area contributed by atoms with Gasteiger partial charge >= 0.3 is 0 Å². The monoisotopic (exact) mass is 241 g/mol. The van der Waals surface area contributed by atoms with E-state index < -0.39 is 0 Å². The van der Waals surface area contributed by atoms with Crippen LogP contribution in [0.5, 0.6) is 0 Å². The molecule has 0 aliphatic heterocycles. The molecule has 4 heteroatoms. The maximum atomic E-state index is 12.3. The van der Waals surface area contributed by atoms with Gasteiger partial charge in [0.1, 0.15) is 0 Å². The molecule has 2 aromatic carbocycles. The summed E-state index contributed by atoms with van der Waals surface area (Å²) in [6.07, 6.45) is 0. The van der Waals surface area contributed by atoms with Crippen LogP contribution in [0.1, 0.15) is 10.4 Å². The summed E-state index contributed by atoms with van der Waals surface area (Å²) in [6.45, 7) is 0. The molecule has 4 N–H and O–H groups in total. The Balaban J connectivity index is 2.32. The van der Waals surface area contributed by atoms with Crippen LogP contribution in [0.15, 0.2) is 48.5 Å². The van der Waals surface area contributed by atoms with Crippen molar-refractivity contribution in [2.24, 2.45) is 0 Å². The number of amides is 1. The second kappa shape index (κ2) is 4.79. The summed E-state index contributed by atoms with van der Waals surface area (Å²) in [5.74, 6) is -0.154. The molecule has 0 atom stereocenters. The normalized spacial score (nSPS) is 10.1. The standard InChI is InChI=1S/C14H15N3O/c1-17(11-5-3-2-4-6-11)14(18)12-8-7-10(15)9-13(12)16/h2-9H,15-16H2,1H3. The van der Waals surface area contributed by atoms with E-state index in [1.165, 1.54) is 0 Å². The van der Waals surface area contributed by atoms with Gasteiger partial charge in [-0.15, -0.1) is 0 Å². The third-order valence-corrected chi connectivity index (χ3v) is 2.75. The van der Waals surface area contributed by atoms with E-state index in [-0.39, 0.29) is 5.91 Å². The minimum absolute atomic E-state index is 0.154. The van der Waals surface area contributed by atoms with Crippen molar-refractivity contribution in [1.82, 2.24) is 0 Å². The van der Waals surface area contributed by atoms with Crippen molar-refractivity contribution >= 4 is 23.0 Å². The quantitative estimate of drug-likeness (QED) is 0.791. The van der Waals surface area contributed by atoms with Crippen LogP contribution in [0.3, 0.4) is 0 Å². The first kappa shape index (κ1) is 12.0. The number of carbonyl (C=O) groups is 1. The van der Waals surface area contributed by atoms with Crippen LogP contribution in [-0.4, -0.2) is 13.0 Å². The Bertz CT molecular complexity index is 567.